The van der Waals surface area contributed by atoms with Crippen molar-refractivity contribution < 1.29 is 9.20 Å². The summed E-state index contributed by atoms with van der Waals surface area (Å²) in [4.78, 5) is 0. The van der Waals surface area contributed by atoms with Crippen LogP contribution in [0.4, 0.5) is 0 Å². The molecule has 4 heteroatoms. The molecule has 0 atom stereocenters. The first kappa shape index (κ1) is 10.9. The lowest BCUT2D eigenvalue weighted by molar-refractivity contribution is -0.771. The molecule has 0 saturated heterocycles. The molecule has 0 fully saturated rings. The Balaban J connectivity index is 2.44. The van der Waals surface area contributed by atoms with Crippen LogP contribution in [0.3, 0.4) is 0 Å². The molecule has 2 aromatic rings. The molecular formula is C12H18N3O+. The molecule has 0 amide bonds. The first-order chi connectivity index (χ1) is 7.58. The number of aromatic nitrogens is 3. The van der Waals surface area contributed by atoms with Crippen molar-refractivity contribution in [3.63, 3.8) is 0 Å². The fourth-order valence-electron chi connectivity index (χ4n) is 1.83. The van der Waals surface area contributed by atoms with Gasteiger partial charge in [0.05, 0.1) is 6.20 Å². The van der Waals surface area contributed by atoms with Crippen molar-refractivity contribution in [1.29, 1.82) is 0 Å². The molecule has 0 unspecified atom stereocenters. The number of nitrogens with zero attached hydrogens (tertiary/aromatic N) is 3. The smallest absolute Gasteiger partial charge is 0.199 e. The second-order valence-corrected chi connectivity index (χ2v) is 4.63. The Bertz CT molecular complexity index is 482. The molecule has 2 rings (SSSR count). The summed E-state index contributed by atoms with van der Waals surface area (Å²) in [7, 11) is 0. The maximum absolute atomic E-state index is 5.10. The molecule has 0 bridgehead atoms. The van der Waals surface area contributed by atoms with Gasteiger partial charge in [-0.15, -0.1) is 9.36 Å². The van der Waals surface area contributed by atoms with Crippen molar-refractivity contribution in [3.8, 4) is 5.69 Å². The summed E-state index contributed by atoms with van der Waals surface area (Å²) < 4.78 is 9.40. The van der Waals surface area contributed by atoms with E-state index in [0.717, 1.165) is 18.0 Å². The van der Waals surface area contributed by atoms with Crippen LogP contribution in [0.5, 0.6) is 0 Å². The van der Waals surface area contributed by atoms with Crippen LogP contribution >= 0.6 is 0 Å². The molecule has 0 aromatic carbocycles. The van der Waals surface area contributed by atoms with Crippen molar-refractivity contribution in [2.75, 3.05) is 0 Å². The zero-order valence-electron chi connectivity index (χ0n) is 10.3. The molecule has 0 radical (unpaired) electrons. The third-order valence-electron chi connectivity index (χ3n) is 2.48. The van der Waals surface area contributed by atoms with Crippen molar-refractivity contribution in [3.05, 3.63) is 29.9 Å². The van der Waals surface area contributed by atoms with Crippen molar-refractivity contribution >= 4 is 0 Å². The van der Waals surface area contributed by atoms with E-state index in [4.69, 9.17) is 4.52 Å². The van der Waals surface area contributed by atoms with Crippen LogP contribution < -0.4 is 4.68 Å². The summed E-state index contributed by atoms with van der Waals surface area (Å²) in [6.45, 7) is 9.42. The maximum atomic E-state index is 5.10. The van der Waals surface area contributed by atoms with Gasteiger partial charge in [0.2, 0.25) is 0 Å². The lowest BCUT2D eigenvalue weighted by Crippen LogP contribution is -2.43. The summed E-state index contributed by atoms with van der Waals surface area (Å²) in [6.07, 6.45) is 6.00. The number of hydrogen-bond acceptors (Lipinski definition) is 2. The molecule has 2 aromatic heterocycles. The number of aryl methyl sites for hydroxylation is 2. The quantitative estimate of drug-likeness (QED) is 0.742. The van der Waals surface area contributed by atoms with Gasteiger partial charge in [-0.2, -0.15) is 0 Å². The first-order valence-electron chi connectivity index (χ1n) is 5.58. The van der Waals surface area contributed by atoms with Crippen LogP contribution in [0.2, 0.25) is 0 Å². The van der Waals surface area contributed by atoms with E-state index in [1.54, 1.807) is 6.20 Å². The Kier molecular flexibility index (Phi) is 2.81. The van der Waals surface area contributed by atoms with Crippen LogP contribution in [0.1, 0.15) is 25.2 Å². The zero-order valence-corrected chi connectivity index (χ0v) is 10.3. The van der Waals surface area contributed by atoms with Crippen LogP contribution in [0, 0.1) is 19.8 Å². The molecule has 4 nitrogen and oxygen atoms in total. The highest BCUT2D eigenvalue weighted by Gasteiger charge is 2.17. The fraction of sp³-hybridized carbons (Fsp3) is 0.500. The van der Waals surface area contributed by atoms with E-state index in [2.05, 4.69) is 47.7 Å². The molecule has 86 valence electrons. The van der Waals surface area contributed by atoms with Gasteiger partial charge in [-0.25, -0.2) is 0 Å². The summed E-state index contributed by atoms with van der Waals surface area (Å²) in [5.41, 5.74) is 2.25. The van der Waals surface area contributed by atoms with Gasteiger partial charge in [0, 0.05) is 11.5 Å². The number of hydrogen-bond donors (Lipinski definition) is 0. The first-order valence-corrected chi connectivity index (χ1v) is 5.58. The van der Waals surface area contributed by atoms with Gasteiger partial charge in [0.1, 0.15) is 6.20 Å². The van der Waals surface area contributed by atoms with E-state index >= 15 is 0 Å². The highest BCUT2D eigenvalue weighted by atomic mass is 16.5. The third kappa shape index (κ3) is 2.01. The van der Waals surface area contributed by atoms with E-state index in [0.29, 0.717) is 5.92 Å². The molecule has 2 heterocycles. The highest BCUT2D eigenvalue weighted by Crippen LogP contribution is 2.11. The maximum Gasteiger partial charge on any atom is 0.199 e. The second kappa shape index (κ2) is 4.12. The Labute approximate surface area is 95.5 Å². The lowest BCUT2D eigenvalue weighted by Gasteiger charge is -2.02. The van der Waals surface area contributed by atoms with E-state index in [-0.39, 0.29) is 0 Å². The molecule has 0 spiro atoms. The Morgan fingerprint density at radius 1 is 1.44 bits per heavy atom. The predicted octanol–water partition coefficient (Wildman–Crippen LogP) is 2.03. The largest absolute Gasteiger partial charge is 0.359 e. The standard InChI is InChI=1S/C12H18N3O/c1-9(2)6-14-7-10(3)8-15(14)12-5-13-16-11(12)4/h5,7-9H,6H2,1-4H3/q+1. The molecule has 16 heavy (non-hydrogen) atoms. The molecule has 0 saturated carbocycles. The van der Waals surface area contributed by atoms with E-state index in [1.807, 2.05) is 6.92 Å². The predicted molar refractivity (Wildman–Crippen MR) is 60.3 cm³/mol. The van der Waals surface area contributed by atoms with Crippen LogP contribution in [0.15, 0.2) is 23.1 Å². The van der Waals surface area contributed by atoms with Crippen LogP contribution in [-0.2, 0) is 6.54 Å². The van der Waals surface area contributed by atoms with Gasteiger partial charge >= 0.3 is 0 Å². The monoisotopic (exact) mass is 220 g/mol. The summed E-state index contributed by atoms with van der Waals surface area (Å²) >= 11 is 0. The Hall–Kier alpha value is -1.58. The Morgan fingerprint density at radius 3 is 2.75 bits per heavy atom. The van der Waals surface area contributed by atoms with Crippen molar-refractivity contribution in [2.45, 2.75) is 34.2 Å². The third-order valence-corrected chi connectivity index (χ3v) is 2.48. The molecule has 0 aliphatic rings. The summed E-state index contributed by atoms with van der Waals surface area (Å²) in [5, 5.41) is 3.82. The van der Waals surface area contributed by atoms with Crippen LogP contribution in [0.25, 0.3) is 5.69 Å². The summed E-state index contributed by atoms with van der Waals surface area (Å²) in [5.74, 6) is 1.45. The summed E-state index contributed by atoms with van der Waals surface area (Å²) in [6, 6.07) is 0. The highest BCUT2D eigenvalue weighted by molar-refractivity contribution is 5.29. The van der Waals surface area contributed by atoms with Crippen molar-refractivity contribution in [2.24, 2.45) is 5.92 Å². The van der Waals surface area contributed by atoms with Gasteiger partial charge < -0.3 is 4.52 Å². The van der Waals surface area contributed by atoms with Crippen molar-refractivity contribution in [1.82, 2.24) is 9.84 Å². The zero-order chi connectivity index (χ0) is 11.7. The van der Waals surface area contributed by atoms with E-state index in [1.165, 1.54) is 5.56 Å². The van der Waals surface area contributed by atoms with Gasteiger partial charge in [0.15, 0.2) is 24.2 Å². The SMILES string of the molecule is Cc1cn(-c2cnoc2C)[n+](CC(C)C)c1. The Morgan fingerprint density at radius 2 is 2.19 bits per heavy atom. The van der Waals surface area contributed by atoms with E-state index < -0.39 is 0 Å². The molecular weight excluding hydrogens is 202 g/mol. The minimum atomic E-state index is 0.609. The van der Waals surface area contributed by atoms with Crippen LogP contribution in [-0.4, -0.2) is 9.84 Å². The molecule has 0 N–H and O–H groups in total. The topological polar surface area (TPSA) is 34.8 Å². The number of rotatable bonds is 3. The van der Waals surface area contributed by atoms with Gasteiger partial charge in [-0.1, -0.05) is 19.0 Å². The molecule has 0 aliphatic carbocycles. The van der Waals surface area contributed by atoms with E-state index in [9.17, 15) is 0 Å². The minimum absolute atomic E-state index is 0.609. The average Bonchev–Trinajstić information content (AvgIpc) is 2.71. The molecule has 0 aliphatic heterocycles. The lowest BCUT2D eigenvalue weighted by atomic mass is 10.2. The van der Waals surface area contributed by atoms with Gasteiger partial charge in [-0.3, -0.25) is 0 Å². The minimum Gasteiger partial charge on any atom is -0.359 e. The average molecular weight is 220 g/mol. The normalized spacial score (nSPS) is 11.3. The fourth-order valence-corrected chi connectivity index (χ4v) is 1.83. The second-order valence-electron chi connectivity index (χ2n) is 4.63. The van der Waals surface area contributed by atoms with Gasteiger partial charge in [-0.05, 0) is 13.8 Å². The van der Waals surface area contributed by atoms with Gasteiger partial charge in [0.25, 0.3) is 0 Å².